The summed E-state index contributed by atoms with van der Waals surface area (Å²) in [6.07, 6.45) is 0. The van der Waals surface area contributed by atoms with E-state index in [-0.39, 0.29) is 5.82 Å². The maximum Gasteiger partial charge on any atom is 0.153 e. The zero-order valence-electron chi connectivity index (χ0n) is 14.1. The number of aromatic nitrogens is 3. The molecule has 0 aliphatic carbocycles. The number of nitriles is 1. The third-order valence-electron chi connectivity index (χ3n) is 3.44. The minimum absolute atomic E-state index is 0.298. The summed E-state index contributed by atoms with van der Waals surface area (Å²) in [6, 6.07) is 13.2. The van der Waals surface area contributed by atoms with Crippen LogP contribution >= 0.6 is 0 Å². The summed E-state index contributed by atoms with van der Waals surface area (Å²) in [5.74, 6) is 1.73. The number of aryl methyl sites for hydroxylation is 1. The largest absolute Gasteiger partial charge is 0.492 e. The first-order valence-corrected chi connectivity index (χ1v) is 7.96. The van der Waals surface area contributed by atoms with E-state index in [1.807, 2.05) is 13.0 Å². The number of nitrogens with one attached hydrogen (secondary N) is 3. The van der Waals surface area contributed by atoms with Crippen LogP contribution in [0.5, 0.6) is 5.75 Å². The highest BCUT2D eigenvalue weighted by atomic mass is 19.1. The molecule has 0 radical (unpaired) electrons. The topological polar surface area (TPSA) is 98.7 Å². The number of ether oxygens (including phenoxy) is 1. The normalized spacial score (nSPS) is 10.2. The van der Waals surface area contributed by atoms with Crippen LogP contribution in [0.2, 0.25) is 0 Å². The number of rotatable bonds is 7. The van der Waals surface area contributed by atoms with E-state index in [4.69, 9.17) is 4.74 Å². The standard InChI is InChI=1S/C18H17FN6O/c1-12-9-17(25-24-12)22-16-6-5-13(11-20)18(23-16)21-7-8-26-15-4-2-3-14(19)10-15/h2-6,9-10H,7-8H2,1H3,(H3,21,22,23,24,25). The van der Waals surface area contributed by atoms with E-state index in [9.17, 15) is 9.65 Å². The molecule has 0 aliphatic heterocycles. The van der Waals surface area contributed by atoms with Gasteiger partial charge in [-0.15, -0.1) is 0 Å². The second-order valence-electron chi connectivity index (χ2n) is 5.50. The minimum atomic E-state index is -0.351. The Kier molecular flexibility index (Phi) is 5.29. The van der Waals surface area contributed by atoms with Crippen LogP contribution in [-0.4, -0.2) is 28.3 Å². The Morgan fingerprint density at radius 2 is 2.12 bits per heavy atom. The van der Waals surface area contributed by atoms with E-state index >= 15 is 0 Å². The van der Waals surface area contributed by atoms with Gasteiger partial charge in [0.1, 0.15) is 35.9 Å². The molecule has 1 aromatic carbocycles. The van der Waals surface area contributed by atoms with E-state index in [0.29, 0.717) is 41.9 Å². The molecule has 3 rings (SSSR count). The van der Waals surface area contributed by atoms with Gasteiger partial charge in [0, 0.05) is 17.8 Å². The molecule has 0 saturated carbocycles. The lowest BCUT2D eigenvalue weighted by Gasteiger charge is -2.11. The van der Waals surface area contributed by atoms with Crippen molar-refractivity contribution >= 4 is 17.5 Å². The van der Waals surface area contributed by atoms with Crippen LogP contribution in [0.4, 0.5) is 21.8 Å². The molecule has 0 fully saturated rings. The van der Waals surface area contributed by atoms with Gasteiger partial charge in [-0.05, 0) is 31.2 Å². The highest BCUT2D eigenvalue weighted by Gasteiger charge is 2.07. The van der Waals surface area contributed by atoms with Crippen LogP contribution < -0.4 is 15.4 Å². The van der Waals surface area contributed by atoms with Crippen molar-refractivity contribution in [1.29, 1.82) is 5.26 Å². The third-order valence-corrected chi connectivity index (χ3v) is 3.44. The Morgan fingerprint density at radius 3 is 2.85 bits per heavy atom. The predicted molar refractivity (Wildman–Crippen MR) is 95.9 cm³/mol. The van der Waals surface area contributed by atoms with Crippen molar-refractivity contribution in [3.8, 4) is 11.8 Å². The van der Waals surface area contributed by atoms with Gasteiger partial charge in [0.05, 0.1) is 12.1 Å². The van der Waals surface area contributed by atoms with Crippen molar-refractivity contribution in [1.82, 2.24) is 15.2 Å². The van der Waals surface area contributed by atoms with Crippen molar-refractivity contribution in [3.63, 3.8) is 0 Å². The Balaban J connectivity index is 1.60. The average molecular weight is 352 g/mol. The molecule has 3 N–H and O–H groups in total. The summed E-state index contributed by atoms with van der Waals surface area (Å²) in [5.41, 5.74) is 1.34. The van der Waals surface area contributed by atoms with Crippen molar-refractivity contribution in [3.05, 3.63) is 59.5 Å². The van der Waals surface area contributed by atoms with Crippen molar-refractivity contribution in [2.75, 3.05) is 23.8 Å². The Bertz CT molecular complexity index is 933. The van der Waals surface area contributed by atoms with E-state index in [0.717, 1.165) is 5.69 Å². The fourth-order valence-electron chi connectivity index (χ4n) is 2.26. The van der Waals surface area contributed by atoms with Crippen LogP contribution in [0.3, 0.4) is 0 Å². The highest BCUT2D eigenvalue weighted by molar-refractivity contribution is 5.60. The Hall–Kier alpha value is -3.60. The van der Waals surface area contributed by atoms with Gasteiger partial charge in [0.2, 0.25) is 0 Å². The Morgan fingerprint density at radius 1 is 1.23 bits per heavy atom. The molecule has 7 nitrogen and oxygen atoms in total. The zero-order chi connectivity index (χ0) is 18.4. The van der Waals surface area contributed by atoms with E-state index < -0.39 is 0 Å². The summed E-state index contributed by atoms with van der Waals surface area (Å²) in [7, 11) is 0. The van der Waals surface area contributed by atoms with E-state index in [1.54, 1.807) is 24.3 Å². The molecule has 132 valence electrons. The van der Waals surface area contributed by atoms with Crippen LogP contribution in [0.25, 0.3) is 0 Å². The second-order valence-corrected chi connectivity index (χ2v) is 5.50. The molecule has 2 aromatic heterocycles. The van der Waals surface area contributed by atoms with E-state index in [2.05, 4.69) is 31.9 Å². The number of halogens is 1. The summed E-state index contributed by atoms with van der Waals surface area (Å²) < 4.78 is 18.6. The fraction of sp³-hybridized carbons (Fsp3) is 0.167. The van der Waals surface area contributed by atoms with Crippen LogP contribution in [0, 0.1) is 24.1 Å². The Labute approximate surface area is 149 Å². The number of H-pyrrole nitrogens is 1. The molecule has 2 heterocycles. The van der Waals surface area contributed by atoms with Gasteiger partial charge in [-0.3, -0.25) is 5.10 Å². The fourth-order valence-corrected chi connectivity index (χ4v) is 2.26. The quantitative estimate of drug-likeness (QED) is 0.564. The molecule has 0 atom stereocenters. The van der Waals surface area contributed by atoms with Gasteiger partial charge in [-0.25, -0.2) is 9.37 Å². The molecule has 0 amide bonds. The number of anilines is 3. The first kappa shape index (κ1) is 17.2. The average Bonchev–Trinajstić information content (AvgIpc) is 3.04. The maximum atomic E-state index is 13.1. The van der Waals surface area contributed by atoms with E-state index in [1.165, 1.54) is 12.1 Å². The van der Waals surface area contributed by atoms with Crippen molar-refractivity contribution < 1.29 is 9.13 Å². The summed E-state index contributed by atoms with van der Waals surface area (Å²) in [5, 5.41) is 22.3. The molecule has 3 aromatic rings. The second kappa shape index (κ2) is 7.98. The molecule has 8 heteroatoms. The monoisotopic (exact) mass is 352 g/mol. The zero-order valence-corrected chi connectivity index (χ0v) is 14.1. The smallest absolute Gasteiger partial charge is 0.153 e. The number of nitrogens with zero attached hydrogens (tertiary/aromatic N) is 3. The SMILES string of the molecule is Cc1cc(Nc2ccc(C#N)c(NCCOc3cccc(F)c3)n2)n[nH]1. The lowest BCUT2D eigenvalue weighted by Crippen LogP contribution is -2.13. The van der Waals surface area contributed by atoms with Crippen LogP contribution in [0.15, 0.2) is 42.5 Å². The van der Waals surface area contributed by atoms with Crippen LogP contribution in [-0.2, 0) is 0 Å². The van der Waals surface area contributed by atoms with Gasteiger partial charge in [0.15, 0.2) is 5.82 Å². The number of pyridine rings is 1. The van der Waals surface area contributed by atoms with Crippen molar-refractivity contribution in [2.24, 2.45) is 0 Å². The predicted octanol–water partition coefficient (Wildman–Crippen LogP) is 3.36. The molecule has 26 heavy (non-hydrogen) atoms. The summed E-state index contributed by atoms with van der Waals surface area (Å²) in [6.45, 7) is 2.60. The van der Waals surface area contributed by atoms with Crippen LogP contribution in [0.1, 0.15) is 11.3 Å². The summed E-state index contributed by atoms with van der Waals surface area (Å²) in [4.78, 5) is 4.39. The molecule has 0 aliphatic rings. The molecule has 0 unspecified atom stereocenters. The van der Waals surface area contributed by atoms with Gasteiger partial charge >= 0.3 is 0 Å². The first-order chi connectivity index (χ1) is 12.6. The third kappa shape index (κ3) is 4.48. The molecule has 0 saturated heterocycles. The number of aromatic amines is 1. The molecular weight excluding hydrogens is 335 g/mol. The van der Waals surface area contributed by atoms with Gasteiger partial charge in [-0.2, -0.15) is 10.4 Å². The first-order valence-electron chi connectivity index (χ1n) is 7.96. The molecule has 0 bridgehead atoms. The number of hydrogen-bond donors (Lipinski definition) is 3. The van der Waals surface area contributed by atoms with Gasteiger partial charge < -0.3 is 15.4 Å². The van der Waals surface area contributed by atoms with Crippen molar-refractivity contribution in [2.45, 2.75) is 6.92 Å². The minimum Gasteiger partial charge on any atom is -0.492 e. The summed E-state index contributed by atoms with van der Waals surface area (Å²) >= 11 is 0. The number of benzene rings is 1. The lowest BCUT2D eigenvalue weighted by molar-refractivity contribution is 0.331. The highest BCUT2D eigenvalue weighted by Crippen LogP contribution is 2.19. The molecular formula is C18H17FN6O. The lowest BCUT2D eigenvalue weighted by atomic mass is 10.2. The maximum absolute atomic E-state index is 13.1. The van der Waals surface area contributed by atoms with Gasteiger partial charge in [-0.1, -0.05) is 6.07 Å². The van der Waals surface area contributed by atoms with Gasteiger partial charge in [0.25, 0.3) is 0 Å². The molecule has 0 spiro atoms. The number of hydrogen-bond acceptors (Lipinski definition) is 6.